The van der Waals surface area contributed by atoms with Crippen LogP contribution in [-0.2, 0) is 0 Å². The van der Waals surface area contributed by atoms with Crippen LogP contribution in [0.3, 0.4) is 0 Å². The first kappa shape index (κ1) is 16.7. The molecule has 0 unspecified atom stereocenters. The van der Waals surface area contributed by atoms with Crippen LogP contribution in [-0.4, -0.2) is 35.4 Å². The largest absolute Gasteiger partial charge is 0.487 e. The molecule has 0 radical (unpaired) electrons. The molecule has 1 rings (SSSR count). The number of hydrogen-bond acceptors (Lipinski definition) is 4. The lowest BCUT2D eigenvalue weighted by atomic mass is 10.1. The van der Waals surface area contributed by atoms with Gasteiger partial charge in [-0.05, 0) is 32.9 Å². The van der Waals surface area contributed by atoms with Crippen LogP contribution >= 0.6 is 0 Å². The van der Waals surface area contributed by atoms with E-state index in [1.165, 1.54) is 12.1 Å². The van der Waals surface area contributed by atoms with Gasteiger partial charge in [0.05, 0.1) is 11.5 Å². The number of nitro benzene ring substituents is 1. The minimum atomic E-state index is -0.545. The predicted molar refractivity (Wildman–Crippen MR) is 80.7 cm³/mol. The fraction of sp³-hybridized carbons (Fsp3) is 0.400. The molecule has 114 valence electrons. The molecule has 6 heteroatoms. The van der Waals surface area contributed by atoms with Crippen molar-refractivity contribution in [3.63, 3.8) is 0 Å². The highest BCUT2D eigenvalue weighted by Crippen LogP contribution is 2.28. The van der Waals surface area contributed by atoms with Gasteiger partial charge in [0.25, 0.3) is 5.91 Å². The minimum absolute atomic E-state index is 0.169. The SMILES string of the molecule is C=C(C)CN(CC)C(=O)c1ccc(OCC)c([N+](=O)[O-])c1. The van der Waals surface area contributed by atoms with E-state index >= 15 is 0 Å². The lowest BCUT2D eigenvalue weighted by Gasteiger charge is -2.21. The lowest BCUT2D eigenvalue weighted by Crippen LogP contribution is -2.32. The number of amides is 1. The maximum Gasteiger partial charge on any atom is 0.311 e. The summed E-state index contributed by atoms with van der Waals surface area (Å²) in [6.07, 6.45) is 0. The number of carbonyl (C=O) groups excluding carboxylic acids is 1. The second-order valence-electron chi connectivity index (χ2n) is 4.65. The van der Waals surface area contributed by atoms with Gasteiger partial charge in [-0.2, -0.15) is 0 Å². The summed E-state index contributed by atoms with van der Waals surface area (Å²) in [5, 5.41) is 11.1. The normalized spacial score (nSPS) is 10.0. The van der Waals surface area contributed by atoms with Crippen LogP contribution < -0.4 is 4.74 Å². The standard InChI is InChI=1S/C15H20N2O4/c1-5-16(10-11(3)4)15(18)12-7-8-14(21-6-2)13(9-12)17(19)20/h7-9H,3,5-6,10H2,1-2,4H3. The van der Waals surface area contributed by atoms with E-state index in [4.69, 9.17) is 4.74 Å². The van der Waals surface area contributed by atoms with Crippen LogP contribution in [0.5, 0.6) is 5.75 Å². The molecule has 21 heavy (non-hydrogen) atoms. The van der Waals surface area contributed by atoms with E-state index in [-0.39, 0.29) is 22.9 Å². The molecule has 6 nitrogen and oxygen atoms in total. The van der Waals surface area contributed by atoms with Gasteiger partial charge in [0.1, 0.15) is 0 Å². The number of likely N-dealkylation sites (N-methyl/N-ethyl adjacent to an activating group) is 1. The molecule has 0 saturated carbocycles. The van der Waals surface area contributed by atoms with Crippen molar-refractivity contribution in [2.75, 3.05) is 19.7 Å². The number of benzene rings is 1. The Morgan fingerprint density at radius 3 is 2.57 bits per heavy atom. The molecule has 0 aliphatic carbocycles. The Kier molecular flexibility index (Phi) is 5.90. The maximum atomic E-state index is 12.4. The van der Waals surface area contributed by atoms with Gasteiger partial charge in [-0.25, -0.2) is 0 Å². The summed E-state index contributed by atoms with van der Waals surface area (Å²) >= 11 is 0. The van der Waals surface area contributed by atoms with Crippen molar-refractivity contribution in [2.45, 2.75) is 20.8 Å². The molecule has 0 fully saturated rings. The van der Waals surface area contributed by atoms with E-state index in [0.717, 1.165) is 5.57 Å². The third kappa shape index (κ3) is 4.30. The van der Waals surface area contributed by atoms with E-state index in [2.05, 4.69) is 6.58 Å². The zero-order valence-electron chi connectivity index (χ0n) is 12.6. The average Bonchev–Trinajstić information content (AvgIpc) is 2.44. The Hall–Kier alpha value is -2.37. The third-order valence-electron chi connectivity index (χ3n) is 2.83. The van der Waals surface area contributed by atoms with Crippen LogP contribution in [0, 0.1) is 10.1 Å². The lowest BCUT2D eigenvalue weighted by molar-refractivity contribution is -0.385. The molecule has 0 aromatic heterocycles. The van der Waals surface area contributed by atoms with Gasteiger partial charge in [-0.15, -0.1) is 0 Å². The van der Waals surface area contributed by atoms with Crippen molar-refractivity contribution < 1.29 is 14.5 Å². The first-order valence-electron chi connectivity index (χ1n) is 6.75. The predicted octanol–water partition coefficient (Wildman–Crippen LogP) is 3.03. The quantitative estimate of drug-likeness (QED) is 0.440. The van der Waals surface area contributed by atoms with Gasteiger partial charge in [0, 0.05) is 24.7 Å². The number of nitro groups is 1. The fourth-order valence-electron chi connectivity index (χ4n) is 1.91. The molecule has 1 aromatic carbocycles. The molecular weight excluding hydrogens is 272 g/mol. The van der Waals surface area contributed by atoms with Gasteiger partial charge >= 0.3 is 5.69 Å². The Morgan fingerprint density at radius 1 is 1.43 bits per heavy atom. The number of nitrogens with zero attached hydrogens (tertiary/aromatic N) is 2. The zero-order valence-corrected chi connectivity index (χ0v) is 12.6. The summed E-state index contributed by atoms with van der Waals surface area (Å²) in [6.45, 7) is 10.5. The summed E-state index contributed by atoms with van der Waals surface area (Å²) in [6, 6.07) is 4.26. The van der Waals surface area contributed by atoms with Gasteiger partial charge in [0.15, 0.2) is 5.75 Å². The van der Waals surface area contributed by atoms with Crippen molar-refractivity contribution in [1.29, 1.82) is 0 Å². The Balaban J connectivity index is 3.12. The molecule has 0 saturated heterocycles. The molecule has 0 N–H and O–H groups in total. The van der Waals surface area contributed by atoms with E-state index < -0.39 is 4.92 Å². The summed E-state index contributed by atoms with van der Waals surface area (Å²) in [4.78, 5) is 24.5. The van der Waals surface area contributed by atoms with E-state index in [0.29, 0.717) is 19.7 Å². The average molecular weight is 292 g/mol. The van der Waals surface area contributed by atoms with Crippen molar-refractivity contribution in [3.8, 4) is 5.75 Å². The second-order valence-corrected chi connectivity index (χ2v) is 4.65. The van der Waals surface area contributed by atoms with Gasteiger partial charge in [-0.1, -0.05) is 12.2 Å². The molecule has 0 aliphatic heterocycles. The Morgan fingerprint density at radius 2 is 2.10 bits per heavy atom. The third-order valence-corrected chi connectivity index (χ3v) is 2.83. The topological polar surface area (TPSA) is 72.7 Å². The molecule has 0 spiro atoms. The molecule has 0 heterocycles. The monoisotopic (exact) mass is 292 g/mol. The molecule has 0 atom stereocenters. The van der Waals surface area contributed by atoms with Crippen molar-refractivity contribution in [2.24, 2.45) is 0 Å². The highest BCUT2D eigenvalue weighted by atomic mass is 16.6. The molecular formula is C15H20N2O4. The molecule has 0 bridgehead atoms. The summed E-state index contributed by atoms with van der Waals surface area (Å²) in [7, 11) is 0. The minimum Gasteiger partial charge on any atom is -0.487 e. The summed E-state index contributed by atoms with van der Waals surface area (Å²) in [5.74, 6) is -0.0892. The van der Waals surface area contributed by atoms with Crippen molar-refractivity contribution in [3.05, 3.63) is 46.0 Å². The van der Waals surface area contributed by atoms with E-state index in [9.17, 15) is 14.9 Å². The molecule has 1 amide bonds. The maximum absolute atomic E-state index is 12.4. The van der Waals surface area contributed by atoms with E-state index in [1.807, 2.05) is 13.8 Å². The summed E-state index contributed by atoms with van der Waals surface area (Å²) < 4.78 is 5.20. The van der Waals surface area contributed by atoms with Crippen LogP contribution in [0.25, 0.3) is 0 Å². The first-order chi connectivity index (χ1) is 9.90. The Labute approximate surface area is 124 Å². The molecule has 1 aromatic rings. The number of rotatable bonds is 7. The van der Waals surface area contributed by atoms with Gasteiger partial charge < -0.3 is 9.64 Å². The second kappa shape index (κ2) is 7.42. The number of carbonyl (C=O) groups is 1. The summed E-state index contributed by atoms with van der Waals surface area (Å²) in [5.41, 5.74) is 0.924. The van der Waals surface area contributed by atoms with E-state index in [1.54, 1.807) is 17.9 Å². The highest BCUT2D eigenvalue weighted by molar-refractivity contribution is 5.95. The van der Waals surface area contributed by atoms with Crippen LogP contribution in [0.15, 0.2) is 30.4 Å². The number of hydrogen-bond donors (Lipinski definition) is 0. The molecule has 0 aliphatic rings. The van der Waals surface area contributed by atoms with Gasteiger partial charge in [-0.3, -0.25) is 14.9 Å². The van der Waals surface area contributed by atoms with Crippen LogP contribution in [0.2, 0.25) is 0 Å². The number of ether oxygens (including phenoxy) is 1. The first-order valence-corrected chi connectivity index (χ1v) is 6.75. The smallest absolute Gasteiger partial charge is 0.311 e. The van der Waals surface area contributed by atoms with Crippen molar-refractivity contribution in [1.82, 2.24) is 4.90 Å². The van der Waals surface area contributed by atoms with Gasteiger partial charge in [0.2, 0.25) is 0 Å². The highest BCUT2D eigenvalue weighted by Gasteiger charge is 2.21. The Bertz CT molecular complexity index is 555. The van der Waals surface area contributed by atoms with Crippen molar-refractivity contribution >= 4 is 11.6 Å². The zero-order chi connectivity index (χ0) is 16.0. The fourth-order valence-corrected chi connectivity index (χ4v) is 1.91. The van der Waals surface area contributed by atoms with Crippen LogP contribution in [0.4, 0.5) is 5.69 Å². The van der Waals surface area contributed by atoms with Crippen LogP contribution in [0.1, 0.15) is 31.1 Å².